The zero-order chi connectivity index (χ0) is 14.8. The SMILES string of the molecule is CCOC1CCN(S(=O)(=O)c2ccc(C(N)=S)s2)CC1. The minimum atomic E-state index is -3.43. The van der Waals surface area contributed by atoms with E-state index in [-0.39, 0.29) is 11.1 Å². The molecule has 1 aromatic heterocycles. The molecule has 2 rings (SSSR count). The van der Waals surface area contributed by atoms with Crippen molar-refractivity contribution in [3.05, 3.63) is 17.0 Å². The van der Waals surface area contributed by atoms with Crippen LogP contribution in [0.15, 0.2) is 16.3 Å². The lowest BCUT2D eigenvalue weighted by Crippen LogP contribution is -2.40. The summed E-state index contributed by atoms with van der Waals surface area (Å²) in [6.07, 6.45) is 1.64. The van der Waals surface area contributed by atoms with Crippen LogP contribution < -0.4 is 5.73 Å². The van der Waals surface area contributed by atoms with Crippen molar-refractivity contribution < 1.29 is 13.2 Å². The van der Waals surface area contributed by atoms with Gasteiger partial charge in [0.05, 0.1) is 11.0 Å². The van der Waals surface area contributed by atoms with Gasteiger partial charge in [-0.15, -0.1) is 11.3 Å². The third kappa shape index (κ3) is 3.37. The molecule has 8 heteroatoms. The molecule has 0 bridgehead atoms. The summed E-state index contributed by atoms with van der Waals surface area (Å²) in [7, 11) is -3.43. The average molecular weight is 334 g/mol. The Morgan fingerprint density at radius 1 is 1.50 bits per heavy atom. The maximum absolute atomic E-state index is 12.5. The van der Waals surface area contributed by atoms with Gasteiger partial charge in [-0.25, -0.2) is 8.42 Å². The summed E-state index contributed by atoms with van der Waals surface area (Å²) in [6, 6.07) is 3.23. The number of hydrogen-bond donors (Lipinski definition) is 1. The van der Waals surface area contributed by atoms with Crippen LogP contribution in [0.3, 0.4) is 0 Å². The van der Waals surface area contributed by atoms with Gasteiger partial charge in [-0.2, -0.15) is 4.31 Å². The van der Waals surface area contributed by atoms with E-state index in [2.05, 4.69) is 0 Å². The Morgan fingerprint density at radius 3 is 2.65 bits per heavy atom. The van der Waals surface area contributed by atoms with Gasteiger partial charge in [-0.3, -0.25) is 0 Å². The molecule has 1 aliphatic rings. The standard InChI is InChI=1S/C12H18N2O3S3/c1-2-17-9-5-7-14(8-6-9)20(15,16)11-4-3-10(19-11)12(13)18/h3-4,9H,2,5-8H2,1H3,(H2,13,18). The molecule has 0 unspecified atom stereocenters. The molecule has 1 aliphatic heterocycles. The van der Waals surface area contributed by atoms with Crippen LogP contribution in [0.5, 0.6) is 0 Å². The van der Waals surface area contributed by atoms with Gasteiger partial charge >= 0.3 is 0 Å². The Bertz CT molecular complexity index is 575. The molecule has 0 aromatic carbocycles. The first-order chi connectivity index (χ1) is 9.45. The van der Waals surface area contributed by atoms with E-state index in [0.29, 0.717) is 28.8 Å². The molecule has 2 heterocycles. The number of thiocarbonyl (C=S) groups is 1. The second-order valence-corrected chi connectivity index (χ2v) is 8.23. The monoisotopic (exact) mass is 334 g/mol. The number of hydrogen-bond acceptors (Lipinski definition) is 5. The van der Waals surface area contributed by atoms with E-state index in [0.717, 1.165) is 24.2 Å². The Kier molecular flexibility index (Phi) is 5.14. The van der Waals surface area contributed by atoms with E-state index >= 15 is 0 Å². The predicted octanol–water partition coefficient (Wildman–Crippen LogP) is 1.57. The Morgan fingerprint density at radius 2 is 2.15 bits per heavy atom. The van der Waals surface area contributed by atoms with Gasteiger partial charge in [0.25, 0.3) is 10.0 Å². The number of sulfonamides is 1. The smallest absolute Gasteiger partial charge is 0.252 e. The fourth-order valence-corrected chi connectivity index (χ4v) is 5.17. The highest BCUT2D eigenvalue weighted by molar-refractivity contribution is 7.91. The van der Waals surface area contributed by atoms with Crippen molar-refractivity contribution >= 4 is 38.6 Å². The second kappa shape index (κ2) is 6.48. The highest BCUT2D eigenvalue weighted by atomic mass is 32.2. The molecule has 0 saturated carbocycles. The summed E-state index contributed by atoms with van der Waals surface area (Å²) >= 11 is 5.99. The van der Waals surface area contributed by atoms with Crippen molar-refractivity contribution in [2.45, 2.75) is 30.1 Å². The molecule has 0 radical (unpaired) electrons. The first-order valence-corrected chi connectivity index (χ1v) is 9.13. The van der Waals surface area contributed by atoms with Gasteiger partial charge in [0.15, 0.2) is 0 Å². The van der Waals surface area contributed by atoms with Crippen LogP contribution in [0.25, 0.3) is 0 Å². The van der Waals surface area contributed by atoms with Gasteiger partial charge in [-0.1, -0.05) is 12.2 Å². The lowest BCUT2D eigenvalue weighted by molar-refractivity contribution is 0.0290. The number of nitrogens with two attached hydrogens (primary N) is 1. The van der Waals surface area contributed by atoms with Gasteiger partial charge < -0.3 is 10.5 Å². The van der Waals surface area contributed by atoms with Gasteiger partial charge in [0, 0.05) is 19.7 Å². The van der Waals surface area contributed by atoms with Gasteiger partial charge in [0.2, 0.25) is 0 Å². The molecule has 1 aromatic rings. The van der Waals surface area contributed by atoms with Crippen molar-refractivity contribution in [1.82, 2.24) is 4.31 Å². The maximum Gasteiger partial charge on any atom is 0.252 e. The summed E-state index contributed by atoms with van der Waals surface area (Å²) in [5.41, 5.74) is 5.52. The average Bonchev–Trinajstić information content (AvgIpc) is 2.90. The summed E-state index contributed by atoms with van der Waals surface area (Å²) in [5, 5.41) is 0. The Labute approximate surface area is 128 Å². The molecule has 0 spiro atoms. The van der Waals surface area contributed by atoms with Crippen molar-refractivity contribution in [3.8, 4) is 0 Å². The zero-order valence-corrected chi connectivity index (χ0v) is 13.7. The fourth-order valence-electron chi connectivity index (χ4n) is 2.19. The van der Waals surface area contributed by atoms with Gasteiger partial charge in [-0.05, 0) is 31.9 Å². The zero-order valence-electron chi connectivity index (χ0n) is 11.2. The van der Waals surface area contributed by atoms with Crippen molar-refractivity contribution in [2.75, 3.05) is 19.7 Å². The van der Waals surface area contributed by atoms with Crippen LogP contribution >= 0.6 is 23.6 Å². The van der Waals surface area contributed by atoms with Gasteiger partial charge in [0.1, 0.15) is 9.20 Å². The van der Waals surface area contributed by atoms with Crippen LogP contribution in [0.1, 0.15) is 24.6 Å². The summed E-state index contributed by atoms with van der Waals surface area (Å²) in [4.78, 5) is 0.856. The van der Waals surface area contributed by atoms with Crippen molar-refractivity contribution in [3.63, 3.8) is 0 Å². The van der Waals surface area contributed by atoms with E-state index in [1.54, 1.807) is 12.1 Å². The quantitative estimate of drug-likeness (QED) is 0.828. The minimum absolute atomic E-state index is 0.168. The fraction of sp³-hybridized carbons (Fsp3) is 0.583. The first-order valence-electron chi connectivity index (χ1n) is 6.46. The molecule has 1 saturated heterocycles. The topological polar surface area (TPSA) is 72.6 Å². The molecule has 1 fully saturated rings. The number of thiophene rings is 1. The third-order valence-corrected chi connectivity index (χ3v) is 7.06. The molecule has 2 N–H and O–H groups in total. The second-order valence-electron chi connectivity index (χ2n) is 4.54. The van der Waals surface area contributed by atoms with Crippen molar-refractivity contribution in [1.29, 1.82) is 0 Å². The molecule has 0 amide bonds. The van der Waals surface area contributed by atoms with E-state index < -0.39 is 10.0 Å². The number of nitrogens with zero attached hydrogens (tertiary/aromatic N) is 1. The van der Waals surface area contributed by atoms with Crippen LogP contribution in [0, 0.1) is 0 Å². The molecule has 20 heavy (non-hydrogen) atoms. The van der Waals surface area contributed by atoms with Crippen LogP contribution in [-0.2, 0) is 14.8 Å². The Hall–Kier alpha value is -0.540. The molecule has 0 aliphatic carbocycles. The lowest BCUT2D eigenvalue weighted by atomic mass is 10.1. The van der Waals surface area contributed by atoms with E-state index in [1.165, 1.54) is 4.31 Å². The lowest BCUT2D eigenvalue weighted by Gasteiger charge is -2.30. The summed E-state index contributed by atoms with van der Waals surface area (Å²) in [5.74, 6) is 0. The first kappa shape index (κ1) is 15.8. The highest BCUT2D eigenvalue weighted by Crippen LogP contribution is 2.27. The maximum atomic E-state index is 12.5. The Balaban J connectivity index is 2.09. The van der Waals surface area contributed by atoms with Crippen LogP contribution in [0.4, 0.5) is 0 Å². The number of rotatable bonds is 5. The number of ether oxygens (including phenoxy) is 1. The van der Waals surface area contributed by atoms with E-state index in [4.69, 9.17) is 22.7 Å². The minimum Gasteiger partial charge on any atom is -0.389 e. The number of piperidine rings is 1. The molecule has 112 valence electrons. The van der Waals surface area contributed by atoms with Crippen LogP contribution in [-0.4, -0.2) is 43.5 Å². The van der Waals surface area contributed by atoms with Crippen molar-refractivity contribution in [2.24, 2.45) is 5.73 Å². The predicted molar refractivity (Wildman–Crippen MR) is 83.6 cm³/mol. The molecular formula is C12H18N2O3S3. The largest absolute Gasteiger partial charge is 0.389 e. The van der Waals surface area contributed by atoms with E-state index in [9.17, 15) is 8.42 Å². The summed E-state index contributed by atoms with van der Waals surface area (Å²) in [6.45, 7) is 3.60. The molecular weight excluding hydrogens is 316 g/mol. The third-order valence-electron chi connectivity index (χ3n) is 3.22. The molecule has 5 nitrogen and oxygen atoms in total. The van der Waals surface area contributed by atoms with E-state index in [1.807, 2.05) is 6.92 Å². The normalized spacial score (nSPS) is 18.2. The van der Waals surface area contributed by atoms with Crippen LogP contribution in [0.2, 0.25) is 0 Å². The molecule has 0 atom stereocenters. The summed E-state index contributed by atoms with van der Waals surface area (Å²) < 4.78 is 32.3. The highest BCUT2D eigenvalue weighted by Gasteiger charge is 2.30.